The number of carbonyl (C=O) groups excluding carboxylic acids is 8. The van der Waals surface area contributed by atoms with Crippen LogP contribution in [0, 0.1) is 0 Å². The molecule has 8 aromatic rings. The third-order valence-corrected chi connectivity index (χ3v) is 21.3. The Morgan fingerprint density at radius 1 is 0.850 bits per heavy atom. The molecular formula is C62H65N15O18S5. The molecular weight excluding hydrogens is 1400 g/mol. The fourth-order valence-corrected chi connectivity index (χ4v) is 16.3. The molecule has 11 atom stereocenters. The molecule has 100 heavy (non-hydrogen) atoms. The first kappa shape index (κ1) is 70.4. The van der Waals surface area contributed by atoms with E-state index >= 15 is 14.4 Å². The van der Waals surface area contributed by atoms with Gasteiger partial charge < -0.3 is 91.5 Å². The molecule has 12 N–H and O–H groups in total. The van der Waals surface area contributed by atoms with Crippen LogP contribution in [-0.2, 0) is 62.6 Å². The number of esters is 2. The van der Waals surface area contributed by atoms with Crippen LogP contribution >= 0.6 is 56.7 Å². The van der Waals surface area contributed by atoms with Crippen molar-refractivity contribution < 1.29 is 87.3 Å². The maximum absolute atomic E-state index is 15.2. The van der Waals surface area contributed by atoms with E-state index in [9.17, 15) is 44.5 Å². The highest BCUT2D eigenvalue weighted by atomic mass is 32.1. The Morgan fingerprint density at radius 2 is 1.52 bits per heavy atom. The number of amides is 7. The molecule has 11 heterocycles. The first-order valence-corrected chi connectivity index (χ1v) is 35.1. The SMILES string of the molecule is CO/C(C)=C1/NC(=O)[C@H]([C@@H](C)O)NC(=O)c2csc(n2)-c2cc(O)c(-c3nc(CNC(=O)C(C)NC(N)=O)cs3)nc2-c2csc(n2)[C@@H]2COC(=O)c3c4c5c(cccc5n3O)COC(=O)[C@@H](O[C@H]3C[C@](C)(O)[C@H](N(C)C)[C@H](C)O3)[C@@H](OC4)[C@H](NC(=O)c3csc1n3)c1nc(cs1)C(=O)N2. The predicted molar refractivity (Wildman–Crippen MR) is 358 cm³/mol. The smallest absolute Gasteiger partial charge is 0.358 e. The minimum absolute atomic E-state index is 0.0126. The number of nitrogens with two attached hydrogens (primary N) is 1. The van der Waals surface area contributed by atoms with Crippen LogP contribution in [-0.4, -0.2) is 190 Å². The minimum Gasteiger partial charge on any atom is -0.506 e. The highest BCUT2D eigenvalue weighted by Gasteiger charge is 2.50. The van der Waals surface area contributed by atoms with E-state index in [1.165, 1.54) is 56.2 Å². The molecule has 1 unspecified atom stereocenters. The van der Waals surface area contributed by atoms with Crippen LogP contribution in [0.15, 0.2) is 56.9 Å². The summed E-state index contributed by atoms with van der Waals surface area (Å²) in [6, 6.07) is -1.14. The topological polar surface area (TPSA) is 457 Å². The molecule has 12 rings (SSSR count). The number of urea groups is 1. The van der Waals surface area contributed by atoms with Gasteiger partial charge in [-0.25, -0.2) is 44.3 Å². The molecule has 1 saturated heterocycles. The highest BCUT2D eigenvalue weighted by Crippen LogP contribution is 2.43. The van der Waals surface area contributed by atoms with Gasteiger partial charge in [-0.1, -0.05) is 12.1 Å². The number of fused-ring (bicyclic) bond motifs is 15. The summed E-state index contributed by atoms with van der Waals surface area (Å²) in [7, 11) is 4.85. The van der Waals surface area contributed by atoms with Crippen LogP contribution in [0.2, 0.25) is 0 Å². The summed E-state index contributed by atoms with van der Waals surface area (Å²) in [5.41, 5.74) is 3.23. The number of ether oxygens (including phenoxy) is 6. The van der Waals surface area contributed by atoms with E-state index in [2.05, 4.69) is 46.9 Å². The second-order valence-corrected chi connectivity index (χ2v) is 28.4. The Labute approximate surface area is 587 Å². The second-order valence-electron chi connectivity index (χ2n) is 24.1. The molecule has 7 aromatic heterocycles. The van der Waals surface area contributed by atoms with Crippen LogP contribution in [0.1, 0.15) is 127 Å². The fraction of sp³-hybridized carbons (Fsp3) is 0.387. The maximum atomic E-state index is 15.2. The van der Waals surface area contributed by atoms with Crippen molar-refractivity contribution in [2.24, 2.45) is 5.73 Å². The summed E-state index contributed by atoms with van der Waals surface area (Å²) in [5.74, 6) is -6.83. The zero-order valence-corrected chi connectivity index (χ0v) is 58.3. The number of pyridine rings is 1. The van der Waals surface area contributed by atoms with Gasteiger partial charge in [0.1, 0.15) is 120 Å². The number of carbonyl (C=O) groups is 8. The van der Waals surface area contributed by atoms with E-state index in [1.807, 2.05) is 0 Å². The number of methoxy groups -OCH3 is 1. The molecule has 33 nitrogen and oxygen atoms in total. The number of cyclic esters (lactones) is 2. The fourth-order valence-electron chi connectivity index (χ4n) is 12.1. The monoisotopic (exact) mass is 1470 g/mol. The number of hydrogen-bond donors (Lipinski definition) is 11. The van der Waals surface area contributed by atoms with E-state index in [-0.39, 0.29) is 106 Å². The summed E-state index contributed by atoms with van der Waals surface area (Å²) in [6.45, 7) is 5.61. The van der Waals surface area contributed by atoms with Crippen molar-refractivity contribution in [3.63, 3.8) is 0 Å². The normalized spacial score (nSPS) is 24.1. The number of aliphatic hydroxyl groups is 2. The van der Waals surface area contributed by atoms with E-state index < -0.39 is 145 Å². The van der Waals surface area contributed by atoms with Crippen molar-refractivity contribution in [2.75, 3.05) is 27.8 Å². The standard InChI is InChI=1S/C62H65N15O18S5/c1-23(65-61(63)87)49(80)64-14-28-18-96-57(66-28)43-37(79)12-29-42(72-43)32-19-98-55(68-32)31-17-93-59(85)45-30-16-91-46(47(95-38-13-62(5,88)48(76(6)7)26(4)94-38)60(86)92-15-27-10-9-11-36(39(27)30)77(45)89)44(58-71-33(21-100-58)50(81)67-31)75-52(83)35-22-99-56(70-35)41(25(3)90-8)74-53(84)40(24(2)78)73-51(82)34-20-97-54(29)69-34/h9-12,18-24,26,31,38,40,44,46-48,78-79,88-89H,13-17H2,1-8H3,(H,64,80)(H,67,81)(H,73,82)(H,74,84)(H,75,83)(H3,63,65,87)/b41-25+/t23?,24-,26+,31+,38+,40+,44+,46+,47+,48-,62+/m1/s1. The Balaban J connectivity index is 1.02. The summed E-state index contributed by atoms with van der Waals surface area (Å²) < 4.78 is 38.3. The number of aromatic hydroxyl groups is 1. The molecule has 0 saturated carbocycles. The van der Waals surface area contributed by atoms with Gasteiger partial charge >= 0.3 is 18.0 Å². The average molecular weight is 1470 g/mol. The summed E-state index contributed by atoms with van der Waals surface area (Å²) >= 11 is 4.70. The lowest BCUT2D eigenvalue weighted by molar-refractivity contribution is -0.280. The molecule has 38 heteroatoms. The third-order valence-electron chi connectivity index (χ3n) is 16.8. The van der Waals surface area contributed by atoms with Crippen LogP contribution < -0.4 is 37.6 Å². The molecule has 12 bridgehead atoms. The van der Waals surface area contributed by atoms with Gasteiger partial charge in [-0.05, 0) is 66.4 Å². The second kappa shape index (κ2) is 28.6. The number of rotatable bonds is 10. The lowest BCUT2D eigenvalue weighted by Crippen LogP contribution is -2.62. The Bertz CT molecular complexity index is 4590. The molecule has 4 aliphatic rings. The Kier molecular flexibility index (Phi) is 20.2. The van der Waals surface area contributed by atoms with Gasteiger partial charge in [-0.3, -0.25) is 24.0 Å². The van der Waals surface area contributed by atoms with E-state index in [4.69, 9.17) is 49.1 Å². The molecule has 526 valence electrons. The molecule has 1 fully saturated rings. The van der Waals surface area contributed by atoms with Crippen molar-refractivity contribution in [1.29, 1.82) is 0 Å². The molecule has 1 aromatic carbocycles. The van der Waals surface area contributed by atoms with Crippen LogP contribution in [0.4, 0.5) is 4.79 Å². The Morgan fingerprint density at radius 3 is 2.24 bits per heavy atom. The van der Waals surface area contributed by atoms with Gasteiger partial charge in [0.2, 0.25) is 11.8 Å². The summed E-state index contributed by atoms with van der Waals surface area (Å²) in [6.07, 6.45) is -7.53. The summed E-state index contributed by atoms with van der Waals surface area (Å²) in [4.78, 5) is 144. The number of hydrogen-bond acceptors (Lipinski definition) is 30. The van der Waals surface area contributed by atoms with Gasteiger partial charge in [0.25, 0.3) is 17.7 Å². The van der Waals surface area contributed by atoms with Crippen molar-refractivity contribution in [3.05, 3.63) is 112 Å². The minimum atomic E-state index is -1.91. The molecule has 7 amide bonds. The Hall–Kier alpha value is -9.48. The molecule has 0 aliphatic carbocycles. The predicted octanol–water partition coefficient (Wildman–Crippen LogP) is 3.84. The number of likely N-dealkylation sites (N-methyl/N-ethyl adjacent to an activating group) is 1. The van der Waals surface area contributed by atoms with Crippen molar-refractivity contribution in [2.45, 2.75) is 127 Å². The lowest BCUT2D eigenvalue weighted by atomic mass is 9.85. The molecule has 0 radical (unpaired) electrons. The first-order valence-electron chi connectivity index (χ1n) is 30.7. The van der Waals surface area contributed by atoms with Gasteiger partial charge in [0, 0.05) is 49.8 Å². The first-order chi connectivity index (χ1) is 47.7. The molecule has 0 spiro atoms. The maximum Gasteiger partial charge on any atom is 0.358 e. The lowest BCUT2D eigenvalue weighted by Gasteiger charge is -2.48. The van der Waals surface area contributed by atoms with E-state index in [1.54, 1.807) is 55.7 Å². The average Bonchev–Trinajstić information content (AvgIpc) is 1.59. The van der Waals surface area contributed by atoms with Crippen LogP contribution in [0.5, 0.6) is 5.75 Å². The number of benzene rings is 1. The summed E-state index contributed by atoms with van der Waals surface area (Å²) in [5, 5.41) is 70.9. The van der Waals surface area contributed by atoms with Gasteiger partial charge in [0.05, 0.1) is 55.3 Å². The number of primary amides is 1. The van der Waals surface area contributed by atoms with Crippen molar-refractivity contribution in [3.8, 4) is 38.4 Å². The van der Waals surface area contributed by atoms with Gasteiger partial charge in [-0.15, -0.1) is 56.7 Å². The number of allylic oxidation sites excluding steroid dienone is 1. The van der Waals surface area contributed by atoms with Crippen molar-refractivity contribution >= 4 is 121 Å². The van der Waals surface area contributed by atoms with Crippen LogP contribution in [0.25, 0.3) is 49.3 Å². The third kappa shape index (κ3) is 14.2. The number of nitrogens with zero attached hydrogens (tertiary/aromatic N) is 8. The molecule has 4 aliphatic heterocycles. The number of aliphatic hydroxyl groups excluding tert-OH is 1. The number of aromatic nitrogens is 7. The van der Waals surface area contributed by atoms with Gasteiger partial charge in [0.15, 0.2) is 18.1 Å². The van der Waals surface area contributed by atoms with E-state index in [0.717, 1.165) is 56.7 Å². The number of thiazole rings is 5. The quantitative estimate of drug-likeness (QED) is 0.0526. The zero-order chi connectivity index (χ0) is 71.3. The largest absolute Gasteiger partial charge is 0.506 e. The zero-order valence-electron chi connectivity index (χ0n) is 54.2. The van der Waals surface area contributed by atoms with Crippen LogP contribution in [0.3, 0.4) is 0 Å². The van der Waals surface area contributed by atoms with Gasteiger partial charge in [-0.2, -0.15) is 4.73 Å². The van der Waals surface area contributed by atoms with Crippen molar-refractivity contribution in [1.82, 2.24) is 71.4 Å². The highest BCUT2D eigenvalue weighted by molar-refractivity contribution is 7.14. The number of nitrogens with one attached hydrogen (secondary N) is 6. The van der Waals surface area contributed by atoms with E-state index in [0.29, 0.717) is 16.0 Å².